The molecule has 0 saturated carbocycles. The van der Waals surface area contributed by atoms with E-state index >= 15 is 0 Å². The van der Waals surface area contributed by atoms with E-state index in [0.29, 0.717) is 17.8 Å². The highest BCUT2D eigenvalue weighted by atomic mass is 16.1. The van der Waals surface area contributed by atoms with E-state index in [4.69, 9.17) is 4.98 Å². The topological polar surface area (TPSA) is 62.5 Å². The lowest BCUT2D eigenvalue weighted by Gasteiger charge is -2.19. The molecule has 0 saturated heterocycles. The standard InChI is InChI=1S/C24H33N5O/c1-5-14-28(6-2)15-10-13-25-24(30)22-17-26-29-19(4)21(18(3)27-23(22)29)16-20-11-8-7-9-12-20/h7-9,11-12,17H,5-6,10,13-16H2,1-4H3,(H,25,30). The largest absolute Gasteiger partial charge is 0.352 e. The zero-order chi connectivity index (χ0) is 21.5. The number of hydrogen-bond donors (Lipinski definition) is 1. The van der Waals surface area contributed by atoms with Gasteiger partial charge < -0.3 is 10.2 Å². The number of benzene rings is 1. The number of aryl methyl sites for hydroxylation is 2. The molecular weight excluding hydrogens is 374 g/mol. The molecule has 1 N–H and O–H groups in total. The Morgan fingerprint density at radius 1 is 1.13 bits per heavy atom. The number of fused-ring (bicyclic) bond motifs is 1. The van der Waals surface area contributed by atoms with Crippen LogP contribution in [-0.4, -0.2) is 51.6 Å². The van der Waals surface area contributed by atoms with Crippen LogP contribution >= 0.6 is 0 Å². The van der Waals surface area contributed by atoms with E-state index in [9.17, 15) is 4.79 Å². The van der Waals surface area contributed by atoms with Gasteiger partial charge in [-0.3, -0.25) is 4.79 Å². The Hall–Kier alpha value is -2.73. The molecule has 0 aliphatic rings. The summed E-state index contributed by atoms with van der Waals surface area (Å²) in [6.45, 7) is 12.2. The summed E-state index contributed by atoms with van der Waals surface area (Å²) in [5.74, 6) is -0.106. The molecule has 3 aromatic rings. The summed E-state index contributed by atoms with van der Waals surface area (Å²) in [6.07, 6.45) is 4.52. The van der Waals surface area contributed by atoms with Gasteiger partial charge in [-0.25, -0.2) is 9.50 Å². The molecule has 1 amide bonds. The number of rotatable bonds is 10. The number of carbonyl (C=O) groups is 1. The first-order valence-electron chi connectivity index (χ1n) is 10.9. The van der Waals surface area contributed by atoms with Crippen LogP contribution < -0.4 is 5.32 Å². The summed E-state index contributed by atoms with van der Waals surface area (Å²) in [4.78, 5) is 19.9. The molecule has 0 aliphatic heterocycles. The molecule has 3 rings (SSSR count). The molecule has 6 heteroatoms. The van der Waals surface area contributed by atoms with E-state index in [1.54, 1.807) is 10.7 Å². The van der Waals surface area contributed by atoms with Crippen LogP contribution in [0.4, 0.5) is 0 Å². The van der Waals surface area contributed by atoms with Crippen molar-refractivity contribution >= 4 is 11.6 Å². The van der Waals surface area contributed by atoms with Gasteiger partial charge in [-0.05, 0) is 57.5 Å². The van der Waals surface area contributed by atoms with E-state index < -0.39 is 0 Å². The van der Waals surface area contributed by atoms with Crippen LogP contribution in [0.1, 0.15) is 59.6 Å². The monoisotopic (exact) mass is 407 g/mol. The summed E-state index contributed by atoms with van der Waals surface area (Å²) in [5.41, 5.74) is 5.52. The lowest BCUT2D eigenvalue weighted by molar-refractivity contribution is 0.0953. The highest BCUT2D eigenvalue weighted by molar-refractivity contribution is 5.99. The van der Waals surface area contributed by atoms with E-state index in [1.807, 2.05) is 32.0 Å². The number of carbonyl (C=O) groups excluding carboxylic acids is 1. The van der Waals surface area contributed by atoms with Crippen molar-refractivity contribution in [1.29, 1.82) is 0 Å². The van der Waals surface area contributed by atoms with Crippen molar-refractivity contribution in [1.82, 2.24) is 24.8 Å². The Morgan fingerprint density at radius 3 is 2.60 bits per heavy atom. The van der Waals surface area contributed by atoms with Crippen molar-refractivity contribution in [2.24, 2.45) is 0 Å². The van der Waals surface area contributed by atoms with Gasteiger partial charge in [-0.2, -0.15) is 5.10 Å². The van der Waals surface area contributed by atoms with Crippen molar-refractivity contribution in [2.45, 2.75) is 47.0 Å². The fraction of sp³-hybridized carbons (Fsp3) is 0.458. The van der Waals surface area contributed by atoms with Crippen molar-refractivity contribution < 1.29 is 4.79 Å². The van der Waals surface area contributed by atoms with Crippen LogP contribution in [0.3, 0.4) is 0 Å². The zero-order valence-electron chi connectivity index (χ0n) is 18.6. The Balaban J connectivity index is 1.71. The number of hydrogen-bond acceptors (Lipinski definition) is 4. The van der Waals surface area contributed by atoms with Crippen LogP contribution in [0.2, 0.25) is 0 Å². The molecule has 0 unspecified atom stereocenters. The Bertz CT molecular complexity index is 980. The number of nitrogens with zero attached hydrogens (tertiary/aromatic N) is 4. The highest BCUT2D eigenvalue weighted by Crippen LogP contribution is 2.20. The molecule has 6 nitrogen and oxygen atoms in total. The third-order valence-corrected chi connectivity index (χ3v) is 5.60. The third-order valence-electron chi connectivity index (χ3n) is 5.60. The summed E-state index contributed by atoms with van der Waals surface area (Å²) >= 11 is 0. The van der Waals surface area contributed by atoms with Crippen molar-refractivity contribution in [2.75, 3.05) is 26.2 Å². The Morgan fingerprint density at radius 2 is 1.90 bits per heavy atom. The van der Waals surface area contributed by atoms with Crippen molar-refractivity contribution in [3.63, 3.8) is 0 Å². The Kier molecular flexibility index (Phi) is 7.57. The van der Waals surface area contributed by atoms with Crippen LogP contribution in [0.15, 0.2) is 36.5 Å². The first-order chi connectivity index (χ1) is 14.5. The second kappa shape index (κ2) is 10.3. The predicted octanol–water partition coefficient (Wildman–Crippen LogP) is 3.79. The van der Waals surface area contributed by atoms with Gasteiger partial charge in [-0.1, -0.05) is 44.2 Å². The second-order valence-electron chi connectivity index (χ2n) is 7.76. The van der Waals surface area contributed by atoms with E-state index in [2.05, 4.69) is 41.3 Å². The van der Waals surface area contributed by atoms with Gasteiger partial charge in [0.1, 0.15) is 5.56 Å². The highest BCUT2D eigenvalue weighted by Gasteiger charge is 2.18. The quantitative estimate of drug-likeness (QED) is 0.520. The molecule has 0 radical (unpaired) electrons. The summed E-state index contributed by atoms with van der Waals surface area (Å²) in [5, 5.41) is 7.50. The first-order valence-corrected chi connectivity index (χ1v) is 10.9. The van der Waals surface area contributed by atoms with Crippen LogP contribution in [0.5, 0.6) is 0 Å². The molecule has 30 heavy (non-hydrogen) atoms. The number of aromatic nitrogens is 3. The predicted molar refractivity (Wildman–Crippen MR) is 121 cm³/mol. The molecule has 0 fully saturated rings. The van der Waals surface area contributed by atoms with Crippen molar-refractivity contribution in [3.8, 4) is 0 Å². The van der Waals surface area contributed by atoms with Crippen LogP contribution in [0.25, 0.3) is 5.65 Å². The van der Waals surface area contributed by atoms with Gasteiger partial charge in [-0.15, -0.1) is 0 Å². The van der Waals surface area contributed by atoms with Crippen LogP contribution in [0, 0.1) is 13.8 Å². The number of amides is 1. The lowest BCUT2D eigenvalue weighted by Crippen LogP contribution is -2.30. The van der Waals surface area contributed by atoms with Gasteiger partial charge in [0, 0.05) is 24.4 Å². The maximum atomic E-state index is 12.7. The van der Waals surface area contributed by atoms with Gasteiger partial charge in [0.15, 0.2) is 5.65 Å². The summed E-state index contributed by atoms with van der Waals surface area (Å²) < 4.78 is 1.79. The normalized spacial score (nSPS) is 11.4. The molecule has 2 aromatic heterocycles. The average molecular weight is 408 g/mol. The lowest BCUT2D eigenvalue weighted by atomic mass is 10.0. The van der Waals surface area contributed by atoms with E-state index in [1.165, 1.54) is 5.56 Å². The minimum atomic E-state index is -0.106. The van der Waals surface area contributed by atoms with Gasteiger partial charge in [0.25, 0.3) is 5.91 Å². The maximum Gasteiger partial charge on any atom is 0.256 e. The summed E-state index contributed by atoms with van der Waals surface area (Å²) in [7, 11) is 0. The number of nitrogens with one attached hydrogen (secondary N) is 1. The minimum Gasteiger partial charge on any atom is -0.352 e. The maximum absolute atomic E-state index is 12.7. The fourth-order valence-electron chi connectivity index (χ4n) is 3.87. The van der Waals surface area contributed by atoms with E-state index in [-0.39, 0.29) is 5.91 Å². The molecule has 2 heterocycles. The Labute approximate surface area is 179 Å². The molecule has 0 aliphatic carbocycles. The third kappa shape index (κ3) is 5.05. The minimum absolute atomic E-state index is 0.106. The van der Waals surface area contributed by atoms with Gasteiger partial charge in [0.05, 0.1) is 6.20 Å². The first kappa shape index (κ1) is 22.0. The second-order valence-corrected chi connectivity index (χ2v) is 7.76. The molecule has 0 bridgehead atoms. The van der Waals surface area contributed by atoms with Crippen molar-refractivity contribution in [3.05, 3.63) is 64.6 Å². The van der Waals surface area contributed by atoms with Crippen LogP contribution in [-0.2, 0) is 6.42 Å². The SMILES string of the molecule is CCCN(CC)CCCNC(=O)c1cnn2c(C)c(Cc3ccccc3)c(C)nc12. The molecule has 0 spiro atoms. The molecule has 160 valence electrons. The molecular formula is C24H33N5O. The zero-order valence-corrected chi connectivity index (χ0v) is 18.6. The molecule has 1 aromatic carbocycles. The average Bonchev–Trinajstić information content (AvgIpc) is 3.18. The van der Waals surface area contributed by atoms with E-state index in [0.717, 1.165) is 55.8 Å². The van der Waals surface area contributed by atoms with Gasteiger partial charge in [0.2, 0.25) is 0 Å². The fourth-order valence-corrected chi connectivity index (χ4v) is 3.87. The smallest absolute Gasteiger partial charge is 0.256 e. The molecule has 0 atom stereocenters. The van der Waals surface area contributed by atoms with Gasteiger partial charge >= 0.3 is 0 Å². The summed E-state index contributed by atoms with van der Waals surface area (Å²) in [6, 6.07) is 10.3.